The topological polar surface area (TPSA) is 141 Å². The number of nitrogens with zero attached hydrogens (tertiary/aromatic N) is 2. The Balaban J connectivity index is 2.27. The second-order valence-corrected chi connectivity index (χ2v) is 6.78. The molecule has 21 heavy (non-hydrogen) atoms. The molecule has 10 heteroatoms. The minimum atomic E-state index is -3.90. The zero-order valence-electron chi connectivity index (χ0n) is 11.2. The van der Waals surface area contributed by atoms with Crippen molar-refractivity contribution in [3.05, 3.63) is 12.0 Å². The summed E-state index contributed by atoms with van der Waals surface area (Å²) in [4.78, 5) is 28.6. The van der Waals surface area contributed by atoms with Crippen LogP contribution in [0.25, 0.3) is 0 Å². The summed E-state index contributed by atoms with van der Waals surface area (Å²) in [5.74, 6) is -4.48. The predicted molar refractivity (Wildman–Crippen MR) is 69.0 cm³/mol. The lowest BCUT2D eigenvalue weighted by Crippen LogP contribution is -2.48. The summed E-state index contributed by atoms with van der Waals surface area (Å²) in [6, 6.07) is 0. The van der Waals surface area contributed by atoms with Gasteiger partial charge in [0.25, 0.3) is 10.0 Å². The molecular formula is C11H15N3O6S. The van der Waals surface area contributed by atoms with Crippen LogP contribution in [0.3, 0.4) is 0 Å². The van der Waals surface area contributed by atoms with Crippen molar-refractivity contribution in [3.63, 3.8) is 0 Å². The first-order valence-corrected chi connectivity index (χ1v) is 7.65. The normalized spacial score (nSPS) is 23.9. The lowest BCUT2D eigenvalue weighted by Gasteiger charge is -2.33. The molecule has 9 nitrogen and oxygen atoms in total. The van der Waals surface area contributed by atoms with Crippen LogP contribution < -0.4 is 0 Å². The third-order valence-corrected chi connectivity index (χ3v) is 5.28. The monoisotopic (exact) mass is 317 g/mol. The number of carboxylic acids is 2. The second-order valence-electron chi connectivity index (χ2n) is 4.87. The Hall–Kier alpha value is -1.94. The lowest BCUT2D eigenvalue weighted by atomic mass is 9.86. The summed E-state index contributed by atoms with van der Waals surface area (Å²) in [6.07, 6.45) is 1.11. The van der Waals surface area contributed by atoms with Crippen LogP contribution in [-0.4, -0.2) is 57.9 Å². The third-order valence-electron chi connectivity index (χ3n) is 3.51. The molecule has 1 aromatic heterocycles. The zero-order valence-corrected chi connectivity index (χ0v) is 12.0. The molecule has 1 fully saturated rings. The number of aromatic amines is 1. The molecule has 2 rings (SSSR count). The number of aryl methyl sites for hydroxylation is 1. The number of nitrogens with one attached hydrogen (secondary N) is 1. The number of hydrogen-bond donors (Lipinski definition) is 3. The Labute approximate surface area is 120 Å². The first-order valence-electron chi connectivity index (χ1n) is 6.21. The Morgan fingerprint density at radius 3 is 2.43 bits per heavy atom. The Morgan fingerprint density at radius 1 is 1.33 bits per heavy atom. The van der Waals surface area contributed by atoms with Crippen molar-refractivity contribution in [1.29, 1.82) is 0 Å². The molecule has 0 aromatic carbocycles. The fourth-order valence-electron chi connectivity index (χ4n) is 2.35. The average molecular weight is 317 g/mol. The van der Waals surface area contributed by atoms with Crippen LogP contribution in [0, 0.1) is 18.8 Å². The summed E-state index contributed by atoms with van der Waals surface area (Å²) in [7, 11) is -3.90. The van der Waals surface area contributed by atoms with Crippen LogP contribution in [0.15, 0.2) is 11.2 Å². The number of piperidine rings is 1. The van der Waals surface area contributed by atoms with Gasteiger partial charge in [-0.1, -0.05) is 0 Å². The van der Waals surface area contributed by atoms with Crippen LogP contribution in [0.1, 0.15) is 12.2 Å². The fraction of sp³-hybridized carbons (Fsp3) is 0.545. The predicted octanol–water partition coefficient (Wildman–Crippen LogP) is -0.486. The maximum Gasteiger partial charge on any atom is 0.308 e. The van der Waals surface area contributed by atoms with Crippen LogP contribution in [-0.2, 0) is 19.6 Å². The van der Waals surface area contributed by atoms with Crippen molar-refractivity contribution < 1.29 is 28.2 Å². The molecule has 0 aliphatic carbocycles. The van der Waals surface area contributed by atoms with Gasteiger partial charge in [0, 0.05) is 13.1 Å². The molecular weight excluding hydrogens is 302 g/mol. The van der Waals surface area contributed by atoms with E-state index in [0.29, 0.717) is 5.82 Å². The standard InChI is InChI=1S/C11H15N3O6S/c1-6-12-4-9(13-6)21(19,20)14-3-2-7(10(15)16)8(5-14)11(17)18/h4,7-8H,2-3,5H2,1H3,(H,12,13)(H,15,16)(H,17,18). The SMILES string of the molecule is Cc1ncc(S(=O)(=O)N2CCC(C(=O)O)C(C(=O)O)C2)[nH]1. The highest BCUT2D eigenvalue weighted by Crippen LogP contribution is 2.28. The van der Waals surface area contributed by atoms with Crippen molar-refractivity contribution in [2.24, 2.45) is 11.8 Å². The van der Waals surface area contributed by atoms with E-state index >= 15 is 0 Å². The quantitative estimate of drug-likeness (QED) is 0.680. The first-order chi connectivity index (χ1) is 9.73. The molecule has 0 radical (unpaired) electrons. The Morgan fingerprint density at radius 2 is 1.95 bits per heavy atom. The van der Waals surface area contributed by atoms with Crippen molar-refractivity contribution in [2.45, 2.75) is 18.4 Å². The van der Waals surface area contributed by atoms with Crippen LogP contribution in [0.5, 0.6) is 0 Å². The number of aromatic nitrogens is 2. The van der Waals surface area contributed by atoms with Gasteiger partial charge in [0.2, 0.25) is 0 Å². The fourth-order valence-corrected chi connectivity index (χ4v) is 3.80. The highest BCUT2D eigenvalue weighted by atomic mass is 32.2. The lowest BCUT2D eigenvalue weighted by molar-refractivity contribution is -0.156. The molecule has 1 aliphatic rings. The minimum absolute atomic E-state index is 0.0405. The van der Waals surface area contributed by atoms with Crippen molar-refractivity contribution in [3.8, 4) is 0 Å². The average Bonchev–Trinajstić information content (AvgIpc) is 2.85. The number of carbonyl (C=O) groups is 2. The molecule has 116 valence electrons. The molecule has 0 amide bonds. The number of carboxylic acid groups (broad SMARTS) is 2. The maximum absolute atomic E-state index is 12.4. The zero-order chi connectivity index (χ0) is 15.8. The van der Waals surface area contributed by atoms with E-state index in [9.17, 15) is 18.0 Å². The maximum atomic E-state index is 12.4. The summed E-state index contributed by atoms with van der Waals surface area (Å²) in [5, 5.41) is 18.0. The van der Waals surface area contributed by atoms with Gasteiger partial charge in [-0.2, -0.15) is 4.31 Å². The number of H-pyrrole nitrogens is 1. The van der Waals surface area contributed by atoms with Crippen molar-refractivity contribution >= 4 is 22.0 Å². The van der Waals surface area contributed by atoms with E-state index in [1.165, 1.54) is 0 Å². The van der Waals surface area contributed by atoms with Gasteiger partial charge in [-0.3, -0.25) is 9.59 Å². The van der Waals surface area contributed by atoms with Gasteiger partial charge in [-0.15, -0.1) is 0 Å². The van der Waals surface area contributed by atoms with Gasteiger partial charge in [-0.25, -0.2) is 13.4 Å². The highest BCUT2D eigenvalue weighted by Gasteiger charge is 2.42. The number of sulfonamides is 1. The van der Waals surface area contributed by atoms with E-state index in [0.717, 1.165) is 10.5 Å². The molecule has 3 N–H and O–H groups in total. The third kappa shape index (κ3) is 2.90. The summed E-state index contributed by atoms with van der Waals surface area (Å²) in [5.41, 5.74) is 0. The van der Waals surface area contributed by atoms with E-state index in [1.807, 2.05) is 0 Å². The molecule has 2 heterocycles. The Bertz CT molecular complexity index is 667. The number of imidazole rings is 1. The van der Waals surface area contributed by atoms with Crippen LogP contribution in [0.2, 0.25) is 0 Å². The van der Waals surface area contributed by atoms with E-state index in [2.05, 4.69) is 9.97 Å². The van der Waals surface area contributed by atoms with Gasteiger partial charge in [0.05, 0.1) is 18.0 Å². The first kappa shape index (κ1) is 15.4. The van der Waals surface area contributed by atoms with Crippen LogP contribution in [0.4, 0.5) is 0 Å². The number of aliphatic carboxylic acids is 2. The summed E-state index contributed by atoms with van der Waals surface area (Å²) < 4.78 is 25.7. The van der Waals surface area contributed by atoms with Gasteiger partial charge < -0.3 is 15.2 Å². The molecule has 1 saturated heterocycles. The van der Waals surface area contributed by atoms with Gasteiger partial charge in [0.1, 0.15) is 5.82 Å². The highest BCUT2D eigenvalue weighted by molar-refractivity contribution is 7.89. The van der Waals surface area contributed by atoms with E-state index in [1.54, 1.807) is 6.92 Å². The molecule has 1 aliphatic heterocycles. The number of hydrogen-bond acceptors (Lipinski definition) is 5. The van der Waals surface area contributed by atoms with Gasteiger partial charge in [0.15, 0.2) is 5.03 Å². The second kappa shape index (κ2) is 5.45. The molecule has 0 bridgehead atoms. The van der Waals surface area contributed by atoms with Crippen molar-refractivity contribution in [2.75, 3.05) is 13.1 Å². The summed E-state index contributed by atoms with van der Waals surface area (Å²) >= 11 is 0. The molecule has 2 atom stereocenters. The Kier molecular flexibility index (Phi) is 4.01. The van der Waals surface area contributed by atoms with Gasteiger partial charge in [-0.05, 0) is 13.3 Å². The van der Waals surface area contributed by atoms with Gasteiger partial charge >= 0.3 is 11.9 Å². The minimum Gasteiger partial charge on any atom is -0.481 e. The molecule has 0 spiro atoms. The molecule has 1 aromatic rings. The van der Waals surface area contributed by atoms with E-state index < -0.39 is 33.8 Å². The smallest absolute Gasteiger partial charge is 0.308 e. The largest absolute Gasteiger partial charge is 0.481 e. The van der Waals surface area contributed by atoms with Crippen LogP contribution >= 0.6 is 0 Å². The molecule has 0 saturated carbocycles. The van der Waals surface area contributed by atoms with Crippen molar-refractivity contribution in [1.82, 2.24) is 14.3 Å². The van der Waals surface area contributed by atoms with E-state index in [4.69, 9.17) is 10.2 Å². The van der Waals surface area contributed by atoms with E-state index in [-0.39, 0.29) is 24.5 Å². The molecule has 2 unspecified atom stereocenters. The number of rotatable bonds is 4. The summed E-state index contributed by atoms with van der Waals surface area (Å²) in [6.45, 7) is 1.18.